The van der Waals surface area contributed by atoms with E-state index in [1.54, 1.807) is 6.07 Å². The number of anilines is 1. The Labute approximate surface area is 105 Å². The molecular weight excluding hydrogens is 235 g/mol. The van der Waals surface area contributed by atoms with Gasteiger partial charge in [-0.25, -0.2) is 9.40 Å². The molecule has 0 amide bonds. The number of benzene rings is 1. The van der Waals surface area contributed by atoms with Crippen LogP contribution in [0, 0.1) is 22.7 Å². The van der Waals surface area contributed by atoms with Crippen molar-refractivity contribution in [3.63, 3.8) is 0 Å². The Morgan fingerprint density at radius 2 is 2.28 bits per heavy atom. The number of rotatable bonds is 7. The molecule has 1 aliphatic carbocycles. The Balaban J connectivity index is 1.98. The first-order valence-corrected chi connectivity index (χ1v) is 5.84. The van der Waals surface area contributed by atoms with Crippen LogP contribution in [0.25, 0.3) is 0 Å². The van der Waals surface area contributed by atoms with Crippen molar-refractivity contribution in [3.8, 4) is 5.75 Å². The lowest BCUT2D eigenvalue weighted by Gasteiger charge is -2.12. The number of hydrogen-bond acceptors (Lipinski definition) is 4. The van der Waals surface area contributed by atoms with E-state index in [1.807, 2.05) is 0 Å². The van der Waals surface area contributed by atoms with Crippen LogP contribution in [0.5, 0.6) is 5.75 Å². The van der Waals surface area contributed by atoms with Crippen molar-refractivity contribution in [2.75, 3.05) is 11.6 Å². The van der Waals surface area contributed by atoms with E-state index in [1.165, 1.54) is 25.0 Å². The van der Waals surface area contributed by atoms with E-state index in [-0.39, 0.29) is 5.75 Å². The first kappa shape index (κ1) is 12.5. The summed E-state index contributed by atoms with van der Waals surface area (Å²) >= 11 is 0. The van der Waals surface area contributed by atoms with E-state index < -0.39 is 5.82 Å². The first-order valence-electron chi connectivity index (χ1n) is 5.84. The van der Waals surface area contributed by atoms with Crippen LogP contribution in [0.2, 0.25) is 0 Å². The third kappa shape index (κ3) is 3.03. The van der Waals surface area contributed by atoms with Gasteiger partial charge < -0.3 is 4.74 Å². The second-order valence-electron chi connectivity index (χ2n) is 4.27. The summed E-state index contributed by atoms with van der Waals surface area (Å²) in [6.07, 6.45) is 4.32. The quantitative estimate of drug-likeness (QED) is 0.337. The van der Waals surface area contributed by atoms with Crippen LogP contribution in [-0.2, 0) is 0 Å². The third-order valence-electron chi connectivity index (χ3n) is 2.89. The van der Waals surface area contributed by atoms with E-state index in [4.69, 9.17) is 15.7 Å². The summed E-state index contributed by atoms with van der Waals surface area (Å²) in [6, 6.07) is 4.27. The van der Waals surface area contributed by atoms with Gasteiger partial charge >= 0.3 is 0 Å². The molecular formula is C12H15FN4O. The number of nitrogens with zero attached hydrogens (tertiary/aromatic N) is 2. The molecule has 0 aromatic heterocycles. The maximum Gasteiger partial charge on any atom is 0.167 e. The lowest BCUT2D eigenvalue weighted by Crippen LogP contribution is -2.11. The second-order valence-corrected chi connectivity index (χ2v) is 4.27. The molecule has 1 aliphatic rings. The molecule has 1 aromatic rings. The first-order chi connectivity index (χ1) is 8.74. The highest BCUT2D eigenvalue weighted by atomic mass is 19.1. The van der Waals surface area contributed by atoms with E-state index in [2.05, 4.69) is 5.22 Å². The molecule has 2 N–H and O–H groups in total. The highest BCUT2D eigenvalue weighted by Crippen LogP contribution is 2.32. The molecule has 1 saturated carbocycles. The lowest BCUT2D eigenvalue weighted by molar-refractivity contribution is 0.288. The molecule has 0 unspecified atom stereocenters. The lowest BCUT2D eigenvalue weighted by atomic mass is 10.2. The van der Waals surface area contributed by atoms with Crippen LogP contribution in [-0.4, -0.2) is 12.9 Å². The second kappa shape index (κ2) is 5.57. The van der Waals surface area contributed by atoms with Gasteiger partial charge in [0.2, 0.25) is 0 Å². The maximum absolute atomic E-state index is 13.7. The summed E-state index contributed by atoms with van der Waals surface area (Å²) < 4.78 is 19.1. The van der Waals surface area contributed by atoms with Gasteiger partial charge in [-0.1, -0.05) is 18.1 Å². The molecule has 1 aromatic carbocycles. The number of halogens is 1. The smallest absolute Gasteiger partial charge is 0.167 e. The monoisotopic (exact) mass is 250 g/mol. The van der Waals surface area contributed by atoms with Crippen molar-refractivity contribution in [3.05, 3.63) is 24.0 Å². The Bertz CT molecular complexity index is 440. The van der Waals surface area contributed by atoms with Gasteiger partial charge in [-0.2, -0.15) is 5.53 Å². The molecule has 96 valence electrons. The Kier molecular flexibility index (Phi) is 3.86. The van der Waals surface area contributed by atoms with Crippen LogP contribution >= 0.6 is 0 Å². The minimum atomic E-state index is -0.501. The molecule has 6 heteroatoms. The summed E-state index contributed by atoms with van der Waals surface area (Å²) in [7, 11) is 0. The van der Waals surface area contributed by atoms with Gasteiger partial charge in [-0.3, -0.25) is 5.41 Å². The minimum absolute atomic E-state index is 0.203. The Morgan fingerprint density at radius 1 is 1.50 bits per heavy atom. The van der Waals surface area contributed by atoms with Gasteiger partial charge in [0.15, 0.2) is 11.6 Å². The van der Waals surface area contributed by atoms with E-state index in [9.17, 15) is 4.39 Å². The van der Waals surface area contributed by atoms with E-state index >= 15 is 0 Å². The molecule has 0 radical (unpaired) electrons. The van der Waals surface area contributed by atoms with Crippen molar-refractivity contribution >= 4 is 12.0 Å². The van der Waals surface area contributed by atoms with Gasteiger partial charge in [-0.15, -0.1) is 0 Å². The largest absolute Gasteiger partial charge is 0.491 e. The van der Waals surface area contributed by atoms with Gasteiger partial charge in [0.1, 0.15) is 6.34 Å². The minimum Gasteiger partial charge on any atom is -0.491 e. The van der Waals surface area contributed by atoms with Crippen molar-refractivity contribution in [2.24, 2.45) is 11.1 Å². The van der Waals surface area contributed by atoms with Crippen molar-refractivity contribution in [1.29, 1.82) is 10.9 Å². The number of nitrogens with one attached hydrogen (secondary N) is 2. The van der Waals surface area contributed by atoms with Crippen molar-refractivity contribution < 1.29 is 9.13 Å². The van der Waals surface area contributed by atoms with Crippen molar-refractivity contribution in [1.82, 2.24) is 0 Å². The zero-order chi connectivity index (χ0) is 13.0. The zero-order valence-corrected chi connectivity index (χ0v) is 9.90. The van der Waals surface area contributed by atoms with Gasteiger partial charge in [0.25, 0.3) is 0 Å². The van der Waals surface area contributed by atoms with Crippen molar-refractivity contribution in [2.45, 2.75) is 19.3 Å². The van der Waals surface area contributed by atoms with E-state index in [0.29, 0.717) is 12.3 Å². The van der Waals surface area contributed by atoms with Gasteiger partial charge in [-0.05, 0) is 24.5 Å². The van der Waals surface area contributed by atoms with E-state index in [0.717, 1.165) is 23.7 Å². The van der Waals surface area contributed by atoms with Crippen LogP contribution in [0.15, 0.2) is 23.4 Å². The molecule has 5 nitrogen and oxygen atoms in total. The summed E-state index contributed by atoms with van der Waals surface area (Å²) in [4.78, 5) is 0. The predicted octanol–water partition coefficient (Wildman–Crippen LogP) is 3.36. The van der Waals surface area contributed by atoms with Gasteiger partial charge in [0.05, 0.1) is 12.3 Å². The number of hydrogen-bond donors (Lipinski definition) is 2. The summed E-state index contributed by atoms with van der Waals surface area (Å²) in [5.41, 5.74) is 7.16. The molecule has 0 bridgehead atoms. The zero-order valence-electron chi connectivity index (χ0n) is 9.90. The summed E-state index contributed by atoms with van der Waals surface area (Å²) in [5, 5.41) is 11.0. The Hall–Kier alpha value is -1.98. The topological polar surface area (TPSA) is 72.5 Å². The number of ether oxygens (including phenoxy) is 1. The molecule has 0 atom stereocenters. The summed E-state index contributed by atoms with van der Waals surface area (Å²) in [5.74, 6) is 0.455. The average Bonchev–Trinajstić information content (AvgIpc) is 3.17. The Morgan fingerprint density at radius 3 is 2.83 bits per heavy atom. The standard InChI is InChI=1S/C12H15FN4O/c13-11-7-10(17(8-14)16-15)3-4-12(11)18-6-5-9-1-2-9/h3-4,7-9,14-15H,1-2,5-6H2. The predicted molar refractivity (Wildman–Crippen MR) is 65.6 cm³/mol. The molecule has 1 fully saturated rings. The van der Waals surface area contributed by atoms with Crippen LogP contribution in [0.4, 0.5) is 10.1 Å². The molecule has 0 saturated heterocycles. The highest BCUT2D eigenvalue weighted by molar-refractivity contribution is 5.75. The third-order valence-corrected chi connectivity index (χ3v) is 2.89. The fourth-order valence-corrected chi connectivity index (χ4v) is 1.65. The fourth-order valence-electron chi connectivity index (χ4n) is 1.65. The highest BCUT2D eigenvalue weighted by Gasteiger charge is 2.21. The normalized spacial score (nSPS) is 14.1. The molecule has 18 heavy (non-hydrogen) atoms. The van der Waals surface area contributed by atoms with Crippen LogP contribution in [0.3, 0.4) is 0 Å². The van der Waals surface area contributed by atoms with Gasteiger partial charge in [0, 0.05) is 6.07 Å². The average molecular weight is 250 g/mol. The maximum atomic E-state index is 13.7. The molecule has 0 heterocycles. The molecule has 0 spiro atoms. The molecule has 2 rings (SSSR count). The molecule has 0 aliphatic heterocycles. The SMILES string of the molecule is N=CN(N=N)c1ccc(OCCC2CC2)c(F)c1. The van der Waals surface area contributed by atoms with Crippen LogP contribution in [0.1, 0.15) is 19.3 Å². The van der Waals surface area contributed by atoms with Crippen LogP contribution < -0.4 is 9.75 Å². The fraction of sp³-hybridized carbons (Fsp3) is 0.417. The summed E-state index contributed by atoms with van der Waals surface area (Å²) in [6.45, 7) is 0.526.